The summed E-state index contributed by atoms with van der Waals surface area (Å²) in [5.74, 6) is 0.470. The van der Waals surface area contributed by atoms with Crippen LogP contribution in [0.3, 0.4) is 0 Å². The molecule has 5 nitrogen and oxygen atoms in total. The fourth-order valence-corrected chi connectivity index (χ4v) is 6.49. The largest absolute Gasteiger partial charge is 0.361 e. The lowest BCUT2D eigenvalue weighted by Gasteiger charge is -2.46. The summed E-state index contributed by atoms with van der Waals surface area (Å²) in [6.07, 6.45) is 4.34. The maximum atomic E-state index is 12.7. The first kappa shape index (κ1) is 20.5. The van der Waals surface area contributed by atoms with Gasteiger partial charge in [-0.3, -0.25) is 0 Å². The molecule has 1 aliphatic heterocycles. The Morgan fingerprint density at radius 3 is 2.66 bits per heavy atom. The smallest absolute Gasteiger partial charge is 0.317 e. The van der Waals surface area contributed by atoms with Crippen LogP contribution < -0.4 is 10.5 Å². The van der Waals surface area contributed by atoms with E-state index in [-0.39, 0.29) is 12.1 Å². The first-order valence-corrected chi connectivity index (χ1v) is 14.6. The van der Waals surface area contributed by atoms with Gasteiger partial charge >= 0.3 is 6.03 Å². The second-order valence-corrected chi connectivity index (χ2v) is 15.0. The lowest BCUT2D eigenvalue weighted by atomic mass is 9.74. The fraction of sp³-hybridized carbons (Fsp3) is 0.609. The Morgan fingerprint density at radius 2 is 2.00 bits per heavy atom. The van der Waals surface area contributed by atoms with E-state index in [1.807, 2.05) is 18.7 Å². The molecule has 0 spiro atoms. The molecular weight excluding hydrogens is 376 g/mol. The number of aromatic nitrogens is 1. The summed E-state index contributed by atoms with van der Waals surface area (Å²) in [5, 5.41) is 6.29. The van der Waals surface area contributed by atoms with Crippen LogP contribution in [0.1, 0.15) is 37.3 Å². The number of aromatic amines is 1. The van der Waals surface area contributed by atoms with Crippen LogP contribution in [0.5, 0.6) is 0 Å². The van der Waals surface area contributed by atoms with Gasteiger partial charge in [0, 0.05) is 54.7 Å². The molecule has 2 aromatic rings. The van der Waals surface area contributed by atoms with Crippen molar-refractivity contribution < 1.29 is 4.79 Å². The summed E-state index contributed by atoms with van der Waals surface area (Å²) in [6.45, 7) is 13.8. The first-order chi connectivity index (χ1) is 13.7. The minimum atomic E-state index is -1.42. The van der Waals surface area contributed by atoms with Crippen molar-refractivity contribution in [3.05, 3.63) is 29.5 Å². The number of likely N-dealkylation sites (N-methyl/N-ethyl adjacent to an activating group) is 1. The Labute approximate surface area is 175 Å². The van der Waals surface area contributed by atoms with Gasteiger partial charge < -0.3 is 20.1 Å². The third kappa shape index (κ3) is 3.61. The molecule has 1 saturated heterocycles. The van der Waals surface area contributed by atoms with E-state index < -0.39 is 8.07 Å². The molecule has 1 aliphatic carbocycles. The van der Waals surface area contributed by atoms with Gasteiger partial charge in [-0.1, -0.05) is 30.9 Å². The molecule has 3 atom stereocenters. The Kier molecular flexibility index (Phi) is 5.28. The summed E-state index contributed by atoms with van der Waals surface area (Å²) in [6, 6.07) is 5.68. The van der Waals surface area contributed by atoms with Crippen LogP contribution in [-0.4, -0.2) is 67.7 Å². The third-order valence-electron chi connectivity index (χ3n) is 7.04. The number of benzene rings is 1. The highest BCUT2D eigenvalue weighted by Gasteiger charge is 2.40. The predicted molar refractivity (Wildman–Crippen MR) is 124 cm³/mol. The van der Waals surface area contributed by atoms with E-state index in [2.05, 4.69) is 60.2 Å². The molecule has 2 aliphatic rings. The van der Waals surface area contributed by atoms with E-state index in [4.69, 9.17) is 0 Å². The predicted octanol–water partition coefficient (Wildman–Crippen LogP) is 3.48. The van der Waals surface area contributed by atoms with Gasteiger partial charge in [-0.15, -0.1) is 0 Å². The number of amides is 2. The average molecular weight is 413 g/mol. The number of H-pyrrole nitrogens is 1. The van der Waals surface area contributed by atoms with Gasteiger partial charge in [0.1, 0.15) is 0 Å². The van der Waals surface area contributed by atoms with Crippen LogP contribution in [0.4, 0.5) is 4.79 Å². The Bertz CT molecular complexity index is 911. The highest BCUT2D eigenvalue weighted by Crippen LogP contribution is 2.43. The molecule has 0 bridgehead atoms. The quantitative estimate of drug-likeness (QED) is 0.756. The summed E-state index contributed by atoms with van der Waals surface area (Å²) in [5.41, 5.74) is 4.25. The van der Waals surface area contributed by atoms with Crippen LogP contribution in [0.25, 0.3) is 10.9 Å². The van der Waals surface area contributed by atoms with Gasteiger partial charge in [-0.25, -0.2) is 4.79 Å². The maximum Gasteiger partial charge on any atom is 0.317 e. The molecule has 1 aromatic carbocycles. The summed E-state index contributed by atoms with van der Waals surface area (Å²) >= 11 is 0. The zero-order valence-electron chi connectivity index (χ0n) is 18.8. The maximum absolute atomic E-state index is 12.7. The van der Waals surface area contributed by atoms with Gasteiger partial charge in [0.05, 0.1) is 8.07 Å². The van der Waals surface area contributed by atoms with Crippen LogP contribution in [0, 0.1) is 0 Å². The van der Waals surface area contributed by atoms with Crippen molar-refractivity contribution in [1.82, 2.24) is 20.1 Å². The highest BCUT2D eigenvalue weighted by molar-refractivity contribution is 6.88. The fourth-order valence-electron chi connectivity index (χ4n) is 5.33. The molecule has 4 rings (SSSR count). The van der Waals surface area contributed by atoms with Crippen LogP contribution in [0.2, 0.25) is 19.6 Å². The minimum Gasteiger partial charge on any atom is -0.361 e. The summed E-state index contributed by atoms with van der Waals surface area (Å²) in [4.78, 5) is 20.6. The zero-order valence-corrected chi connectivity index (χ0v) is 19.8. The lowest BCUT2D eigenvalue weighted by Crippen LogP contribution is -2.56. The molecule has 2 N–H and O–H groups in total. The number of carbonyl (C=O) groups is 1. The van der Waals surface area contributed by atoms with Crippen molar-refractivity contribution in [1.29, 1.82) is 0 Å². The van der Waals surface area contributed by atoms with Crippen LogP contribution in [0.15, 0.2) is 18.3 Å². The Hall–Kier alpha value is -1.79. The van der Waals surface area contributed by atoms with Gasteiger partial charge in [0.15, 0.2) is 0 Å². The molecule has 6 heteroatoms. The van der Waals surface area contributed by atoms with E-state index in [0.717, 1.165) is 32.5 Å². The number of hydrogen-bond acceptors (Lipinski definition) is 2. The van der Waals surface area contributed by atoms with Crippen molar-refractivity contribution >= 4 is 30.2 Å². The molecule has 158 valence electrons. The zero-order chi connectivity index (χ0) is 20.9. The SMILES string of the molecule is CCN(CC)C(=O)N[C@H]1CC2c3cc([Si](C)(C)C)cc4[nH]cc(c34)C[C@H]2N(C)C1. The average Bonchev–Trinajstić information content (AvgIpc) is 3.07. The molecule has 2 amide bonds. The van der Waals surface area contributed by atoms with Crippen LogP contribution in [-0.2, 0) is 6.42 Å². The van der Waals surface area contributed by atoms with E-state index in [0.29, 0.717) is 12.0 Å². The Morgan fingerprint density at radius 1 is 1.28 bits per heavy atom. The molecule has 0 saturated carbocycles. The van der Waals surface area contributed by atoms with Crippen molar-refractivity contribution in [2.45, 2.75) is 64.3 Å². The number of piperidine rings is 1. The number of fused-ring (bicyclic) bond motifs is 2. The number of likely N-dealkylation sites (tertiary alicyclic amines) is 1. The summed E-state index contributed by atoms with van der Waals surface area (Å²) < 4.78 is 0. The van der Waals surface area contributed by atoms with Gasteiger partial charge in [-0.05, 0) is 50.9 Å². The molecule has 1 fully saturated rings. The van der Waals surface area contributed by atoms with Gasteiger partial charge in [0.2, 0.25) is 0 Å². The van der Waals surface area contributed by atoms with Crippen molar-refractivity contribution in [2.75, 3.05) is 26.7 Å². The molecular formula is C23H36N4OSi. The topological polar surface area (TPSA) is 51.4 Å². The van der Waals surface area contributed by atoms with E-state index >= 15 is 0 Å². The van der Waals surface area contributed by atoms with Crippen LogP contribution >= 0.6 is 0 Å². The third-order valence-corrected chi connectivity index (χ3v) is 9.06. The standard InChI is InChI=1S/C23H36N4OSi/c1-7-27(8-2)23(28)25-16-10-18-19-11-17(29(4,5)6)12-20-22(19)15(13-24-20)9-21(18)26(3)14-16/h11-13,16,18,21,24H,7-10,14H2,1-6H3,(H,25,28)/t16-,18?,21+/m0/s1. The molecule has 0 radical (unpaired) electrons. The number of rotatable bonds is 4. The number of urea groups is 1. The van der Waals surface area contributed by atoms with Crippen molar-refractivity contribution in [2.24, 2.45) is 0 Å². The summed E-state index contributed by atoms with van der Waals surface area (Å²) in [7, 11) is 0.810. The monoisotopic (exact) mass is 412 g/mol. The molecule has 2 heterocycles. The van der Waals surface area contributed by atoms with Gasteiger partial charge in [0.25, 0.3) is 0 Å². The van der Waals surface area contributed by atoms with Crippen molar-refractivity contribution in [3.8, 4) is 0 Å². The first-order valence-electron chi connectivity index (χ1n) is 11.1. The van der Waals surface area contributed by atoms with E-state index in [1.165, 1.54) is 27.2 Å². The minimum absolute atomic E-state index is 0.0750. The number of nitrogens with one attached hydrogen (secondary N) is 2. The molecule has 1 unspecified atom stereocenters. The van der Waals surface area contributed by atoms with Crippen molar-refractivity contribution in [3.63, 3.8) is 0 Å². The van der Waals surface area contributed by atoms with E-state index in [1.54, 1.807) is 0 Å². The molecule has 29 heavy (non-hydrogen) atoms. The lowest BCUT2D eigenvalue weighted by molar-refractivity contribution is 0.124. The normalized spacial score (nSPS) is 24.4. The van der Waals surface area contributed by atoms with E-state index in [9.17, 15) is 4.79 Å². The second kappa shape index (κ2) is 7.47. The molecule has 1 aromatic heterocycles. The number of nitrogens with zero attached hydrogens (tertiary/aromatic N) is 2. The number of carbonyl (C=O) groups excluding carboxylic acids is 1. The second-order valence-electron chi connectivity index (χ2n) is 9.92. The van der Waals surface area contributed by atoms with Gasteiger partial charge in [-0.2, -0.15) is 0 Å². The highest BCUT2D eigenvalue weighted by atomic mass is 28.3. The Balaban J connectivity index is 1.68. The number of hydrogen-bond donors (Lipinski definition) is 2.